The Labute approximate surface area is 182 Å². The number of carbonyl (C=O) groups is 1. The Balaban J connectivity index is 1.72. The number of ether oxygens (including phenoxy) is 2. The monoisotopic (exact) mass is 457 g/mol. The molecule has 1 saturated heterocycles. The highest BCUT2D eigenvalue weighted by Crippen LogP contribution is 2.33. The summed E-state index contributed by atoms with van der Waals surface area (Å²) in [5.41, 5.74) is 1.61. The lowest BCUT2D eigenvalue weighted by atomic mass is 9.99. The number of carbonyl (C=O) groups excluding carboxylic acids is 1. The summed E-state index contributed by atoms with van der Waals surface area (Å²) >= 11 is 12.4. The molecule has 0 aromatic heterocycles. The molecule has 1 unspecified atom stereocenters. The molecular formula is C20H21Cl2NO7. The van der Waals surface area contributed by atoms with Crippen LogP contribution in [0, 0.1) is 0 Å². The summed E-state index contributed by atoms with van der Waals surface area (Å²) in [5, 5.41) is 42.8. The number of hydrogen-bond donors (Lipinski definition) is 5. The number of esters is 1. The van der Waals surface area contributed by atoms with E-state index in [-0.39, 0.29) is 6.42 Å². The van der Waals surface area contributed by atoms with Crippen molar-refractivity contribution in [1.29, 1.82) is 0 Å². The number of hydrogen-bond acceptors (Lipinski definition) is 8. The predicted molar refractivity (Wildman–Crippen MR) is 110 cm³/mol. The minimum absolute atomic E-state index is 0.194. The molecule has 0 radical (unpaired) electrons. The average Bonchev–Trinajstić information content (AvgIpc) is 2.72. The van der Waals surface area contributed by atoms with Gasteiger partial charge in [-0.15, -0.1) is 0 Å². The van der Waals surface area contributed by atoms with Gasteiger partial charge in [0.1, 0.15) is 24.4 Å². The number of para-hydroxylation sites is 2. The molecule has 30 heavy (non-hydrogen) atoms. The van der Waals surface area contributed by atoms with Crippen LogP contribution in [0.25, 0.3) is 0 Å². The molecule has 5 atom stereocenters. The summed E-state index contributed by atoms with van der Waals surface area (Å²) in [6, 6.07) is 12.0. The van der Waals surface area contributed by atoms with Crippen LogP contribution in [0.15, 0.2) is 42.5 Å². The van der Waals surface area contributed by atoms with Crippen LogP contribution in [0.3, 0.4) is 0 Å². The summed E-state index contributed by atoms with van der Waals surface area (Å²) in [7, 11) is 0. The third kappa shape index (κ3) is 5.04. The van der Waals surface area contributed by atoms with Crippen molar-refractivity contribution in [2.75, 3.05) is 11.9 Å². The van der Waals surface area contributed by atoms with Crippen molar-refractivity contribution < 1.29 is 34.7 Å². The molecule has 1 fully saturated rings. The molecule has 1 heterocycles. The minimum atomic E-state index is -1.66. The van der Waals surface area contributed by atoms with Gasteiger partial charge in [0.15, 0.2) is 0 Å². The molecule has 162 valence electrons. The van der Waals surface area contributed by atoms with Crippen LogP contribution < -0.4 is 5.32 Å². The second kappa shape index (κ2) is 9.93. The van der Waals surface area contributed by atoms with Gasteiger partial charge in [-0.1, -0.05) is 47.5 Å². The Hall–Kier alpha value is -1.91. The van der Waals surface area contributed by atoms with Crippen LogP contribution >= 0.6 is 23.2 Å². The van der Waals surface area contributed by atoms with Gasteiger partial charge in [0, 0.05) is 5.69 Å². The maximum atomic E-state index is 12.4. The van der Waals surface area contributed by atoms with Crippen molar-refractivity contribution in [3.05, 3.63) is 58.1 Å². The maximum absolute atomic E-state index is 12.4. The molecule has 0 bridgehead atoms. The molecule has 2 aromatic rings. The van der Waals surface area contributed by atoms with Gasteiger partial charge in [-0.05, 0) is 23.8 Å². The summed E-state index contributed by atoms with van der Waals surface area (Å²) < 4.78 is 10.3. The standard InChI is InChI=1S/C20H21Cl2NO7/c21-11-5-3-6-12(22)16(11)23-13-7-2-1-4-10(13)8-15(25)30-20-19(28)18(27)17(26)14(9-24)29-20/h1-7,14,17-20,23-24,26-28H,8-9H2/t14-,17+,18+,19-,20?/m1/s1. The Kier molecular flexibility index (Phi) is 7.54. The van der Waals surface area contributed by atoms with Crippen LogP contribution in [-0.4, -0.2) is 63.7 Å². The van der Waals surface area contributed by atoms with Gasteiger partial charge in [0.2, 0.25) is 6.29 Å². The maximum Gasteiger partial charge on any atom is 0.312 e. The predicted octanol–water partition coefficient (Wildman–Crippen LogP) is 1.62. The molecule has 0 spiro atoms. The van der Waals surface area contributed by atoms with E-state index in [9.17, 15) is 25.2 Å². The van der Waals surface area contributed by atoms with Gasteiger partial charge >= 0.3 is 5.97 Å². The molecule has 2 aromatic carbocycles. The molecule has 8 nitrogen and oxygen atoms in total. The highest BCUT2D eigenvalue weighted by atomic mass is 35.5. The molecule has 1 aliphatic rings. The van der Waals surface area contributed by atoms with E-state index >= 15 is 0 Å². The second-order valence-corrected chi connectivity index (χ2v) is 7.56. The fourth-order valence-electron chi connectivity index (χ4n) is 3.04. The quantitative estimate of drug-likeness (QED) is 0.414. The molecule has 0 aliphatic carbocycles. The van der Waals surface area contributed by atoms with Crippen LogP contribution in [0.2, 0.25) is 10.0 Å². The zero-order valence-corrected chi connectivity index (χ0v) is 17.1. The lowest BCUT2D eigenvalue weighted by molar-refractivity contribution is -0.292. The van der Waals surface area contributed by atoms with Gasteiger partial charge < -0.3 is 35.2 Å². The Morgan fingerprint density at radius 3 is 2.33 bits per heavy atom. The van der Waals surface area contributed by atoms with Gasteiger partial charge in [-0.25, -0.2) is 0 Å². The molecule has 5 N–H and O–H groups in total. The third-order valence-electron chi connectivity index (χ3n) is 4.67. The van der Waals surface area contributed by atoms with E-state index < -0.39 is 43.3 Å². The van der Waals surface area contributed by atoms with E-state index in [2.05, 4.69) is 5.32 Å². The van der Waals surface area contributed by atoms with E-state index in [0.717, 1.165) is 0 Å². The zero-order chi connectivity index (χ0) is 21.8. The molecule has 1 aliphatic heterocycles. The highest BCUT2D eigenvalue weighted by Gasteiger charge is 2.45. The van der Waals surface area contributed by atoms with Crippen molar-refractivity contribution in [3.8, 4) is 0 Å². The van der Waals surface area contributed by atoms with Gasteiger partial charge in [-0.2, -0.15) is 0 Å². The van der Waals surface area contributed by atoms with Gasteiger partial charge in [0.25, 0.3) is 0 Å². The molecule has 0 amide bonds. The third-order valence-corrected chi connectivity index (χ3v) is 5.30. The van der Waals surface area contributed by atoms with Crippen molar-refractivity contribution in [1.82, 2.24) is 0 Å². The molecule has 0 saturated carbocycles. The Morgan fingerprint density at radius 1 is 1.00 bits per heavy atom. The first-order valence-corrected chi connectivity index (χ1v) is 9.86. The number of nitrogens with one attached hydrogen (secondary N) is 1. The van der Waals surface area contributed by atoms with Crippen molar-refractivity contribution in [2.45, 2.75) is 37.1 Å². The second-order valence-electron chi connectivity index (χ2n) is 6.74. The van der Waals surface area contributed by atoms with Crippen molar-refractivity contribution in [2.24, 2.45) is 0 Å². The average molecular weight is 458 g/mol. The number of rotatable bonds is 6. The van der Waals surface area contributed by atoms with Crippen molar-refractivity contribution >= 4 is 40.5 Å². The fraction of sp³-hybridized carbons (Fsp3) is 0.350. The largest absolute Gasteiger partial charge is 0.432 e. The lowest BCUT2D eigenvalue weighted by Crippen LogP contribution is -2.59. The smallest absolute Gasteiger partial charge is 0.312 e. The number of benzene rings is 2. The minimum Gasteiger partial charge on any atom is -0.432 e. The van der Waals surface area contributed by atoms with E-state index in [1.54, 1.807) is 42.5 Å². The van der Waals surface area contributed by atoms with Gasteiger partial charge in [-0.3, -0.25) is 4.79 Å². The normalized spacial score (nSPS) is 26.3. The highest BCUT2D eigenvalue weighted by molar-refractivity contribution is 6.39. The summed E-state index contributed by atoms with van der Waals surface area (Å²) in [4.78, 5) is 12.4. The van der Waals surface area contributed by atoms with Crippen LogP contribution in [0.1, 0.15) is 5.56 Å². The number of halogens is 2. The zero-order valence-electron chi connectivity index (χ0n) is 15.6. The molecule has 3 rings (SSSR count). The SMILES string of the molecule is O=C(Cc1ccccc1Nc1c(Cl)cccc1Cl)OC1O[C@H](CO)[C@H](O)[C@H](O)[C@H]1O. The van der Waals surface area contributed by atoms with Crippen LogP contribution in [0.4, 0.5) is 11.4 Å². The first-order valence-electron chi connectivity index (χ1n) is 9.10. The van der Waals surface area contributed by atoms with Crippen LogP contribution in [-0.2, 0) is 20.7 Å². The Morgan fingerprint density at radius 2 is 1.67 bits per heavy atom. The number of aliphatic hydroxyl groups excluding tert-OH is 4. The Bertz CT molecular complexity index is 875. The first-order chi connectivity index (χ1) is 14.3. The summed E-state index contributed by atoms with van der Waals surface area (Å²) in [6.45, 7) is -0.621. The number of anilines is 2. The van der Waals surface area contributed by atoms with E-state index in [1.165, 1.54) is 0 Å². The molecule has 10 heteroatoms. The lowest BCUT2D eigenvalue weighted by Gasteiger charge is -2.39. The van der Waals surface area contributed by atoms with E-state index in [0.29, 0.717) is 27.0 Å². The summed E-state index contributed by atoms with van der Waals surface area (Å²) in [5.74, 6) is -0.751. The van der Waals surface area contributed by atoms with Gasteiger partial charge in [0.05, 0.1) is 28.8 Å². The first kappa shape index (κ1) is 22.8. The topological polar surface area (TPSA) is 128 Å². The molecular weight excluding hydrogens is 437 g/mol. The summed E-state index contributed by atoms with van der Waals surface area (Å²) in [6.07, 6.45) is -7.73. The van der Waals surface area contributed by atoms with E-state index in [1.807, 2.05) is 0 Å². The fourth-order valence-corrected chi connectivity index (χ4v) is 3.53. The van der Waals surface area contributed by atoms with Crippen molar-refractivity contribution in [3.63, 3.8) is 0 Å². The number of aliphatic hydroxyl groups is 4. The van der Waals surface area contributed by atoms with E-state index in [4.69, 9.17) is 32.7 Å². The van der Waals surface area contributed by atoms with Crippen LogP contribution in [0.5, 0.6) is 0 Å².